The molecule has 0 aliphatic carbocycles. The maximum atomic E-state index is 12.3. The highest BCUT2D eigenvalue weighted by Gasteiger charge is 2.51. The van der Waals surface area contributed by atoms with Gasteiger partial charge in [0, 0.05) is 13.5 Å². The largest absolute Gasteiger partial charge is 0.507 e. The number of aliphatic hydroxyl groups is 1. The van der Waals surface area contributed by atoms with Gasteiger partial charge in [-0.1, -0.05) is 23.8 Å². The average Bonchev–Trinajstić information content (AvgIpc) is 2.64. The summed E-state index contributed by atoms with van der Waals surface area (Å²) >= 11 is 0. The van der Waals surface area contributed by atoms with Crippen molar-refractivity contribution in [3.63, 3.8) is 0 Å². The Hall–Kier alpha value is -1.85. The Balaban J connectivity index is 2.10. The summed E-state index contributed by atoms with van der Waals surface area (Å²) in [4.78, 5) is 17.7. The number of hydrogen-bond acceptors (Lipinski definition) is 5. The zero-order valence-corrected chi connectivity index (χ0v) is 12.5. The van der Waals surface area contributed by atoms with E-state index >= 15 is 0 Å². The Morgan fingerprint density at radius 2 is 2.10 bits per heavy atom. The number of hydrogen-bond donors (Lipinski definition) is 1. The van der Waals surface area contributed by atoms with Crippen LogP contribution in [0.4, 0.5) is 0 Å². The molecular formula is C16H19NO4. The molecule has 5 heteroatoms. The second-order valence-electron chi connectivity index (χ2n) is 5.80. The van der Waals surface area contributed by atoms with Crippen molar-refractivity contribution >= 4 is 11.5 Å². The zero-order chi connectivity index (χ0) is 15.2. The van der Waals surface area contributed by atoms with E-state index in [1.165, 1.54) is 0 Å². The summed E-state index contributed by atoms with van der Waals surface area (Å²) in [7, 11) is 1.76. The van der Waals surface area contributed by atoms with E-state index in [2.05, 4.69) is 0 Å². The zero-order valence-electron chi connectivity index (χ0n) is 12.5. The van der Waals surface area contributed by atoms with Crippen LogP contribution in [0.25, 0.3) is 5.57 Å². The molecule has 1 aromatic rings. The Morgan fingerprint density at radius 1 is 1.33 bits per heavy atom. The summed E-state index contributed by atoms with van der Waals surface area (Å²) in [6, 6.07) is 5.83. The van der Waals surface area contributed by atoms with E-state index in [1.54, 1.807) is 12.1 Å². The maximum absolute atomic E-state index is 12.3. The third-order valence-corrected chi connectivity index (χ3v) is 4.12. The Morgan fingerprint density at radius 3 is 2.81 bits per heavy atom. The molecule has 1 fully saturated rings. The lowest BCUT2D eigenvalue weighted by Crippen LogP contribution is -2.49. The molecular weight excluding hydrogens is 270 g/mol. The van der Waals surface area contributed by atoms with Gasteiger partial charge in [-0.3, -0.25) is 4.84 Å². The van der Waals surface area contributed by atoms with Gasteiger partial charge in [0.15, 0.2) is 11.4 Å². The lowest BCUT2D eigenvalue weighted by Gasteiger charge is -2.36. The molecule has 1 N–H and O–H groups in total. The third-order valence-electron chi connectivity index (χ3n) is 4.12. The van der Waals surface area contributed by atoms with Crippen molar-refractivity contribution in [1.29, 1.82) is 0 Å². The van der Waals surface area contributed by atoms with E-state index in [0.717, 1.165) is 16.7 Å². The molecule has 2 aliphatic heterocycles. The average molecular weight is 289 g/mol. The van der Waals surface area contributed by atoms with Crippen molar-refractivity contribution < 1.29 is 19.5 Å². The van der Waals surface area contributed by atoms with Gasteiger partial charge < -0.3 is 9.84 Å². The number of likely N-dealkylation sites (N-methyl/N-ethyl adjacent to an activating group) is 1. The van der Waals surface area contributed by atoms with Gasteiger partial charge in [0.1, 0.15) is 5.57 Å². The molecule has 1 saturated heterocycles. The van der Waals surface area contributed by atoms with Gasteiger partial charge in [-0.05, 0) is 25.0 Å². The lowest BCUT2D eigenvalue weighted by molar-refractivity contribution is -0.220. The summed E-state index contributed by atoms with van der Waals surface area (Å²) < 4.78 is 5.55. The van der Waals surface area contributed by atoms with Crippen LogP contribution in [0.1, 0.15) is 23.1 Å². The maximum Gasteiger partial charge on any atom is 0.343 e. The summed E-state index contributed by atoms with van der Waals surface area (Å²) in [5, 5.41) is 12.3. The predicted octanol–water partition coefficient (Wildman–Crippen LogP) is 2.14. The third kappa shape index (κ3) is 2.22. The normalized spacial score (nSPS) is 26.5. The van der Waals surface area contributed by atoms with Gasteiger partial charge in [0.25, 0.3) is 0 Å². The van der Waals surface area contributed by atoms with Crippen LogP contribution in [-0.4, -0.2) is 41.9 Å². The van der Waals surface area contributed by atoms with Crippen LogP contribution in [0, 0.1) is 13.8 Å². The molecule has 0 saturated carbocycles. The van der Waals surface area contributed by atoms with Gasteiger partial charge >= 0.3 is 5.97 Å². The molecule has 2 aliphatic rings. The molecule has 1 spiro atoms. The summed E-state index contributed by atoms with van der Waals surface area (Å²) in [5.74, 6) is -0.437. The summed E-state index contributed by atoms with van der Waals surface area (Å²) in [6.07, 6.45) is 0.462. The number of nitrogens with zero attached hydrogens (tertiary/aromatic N) is 1. The standard InChI is InChI=1S/C16H19NO4/c1-10-4-5-11(2)12(8-10)13-14(18)16(21-15(13)19)6-7-20-17(3)9-16/h4-5,8,18H,6-7,9H2,1-3H3. The summed E-state index contributed by atoms with van der Waals surface area (Å²) in [5.41, 5.74) is 2.02. The number of esters is 1. The number of carbonyl (C=O) groups excluding carboxylic acids is 1. The number of carbonyl (C=O) groups is 1. The van der Waals surface area contributed by atoms with Crippen molar-refractivity contribution in [2.45, 2.75) is 25.9 Å². The Bertz CT molecular complexity index is 637. The fourth-order valence-electron chi connectivity index (χ4n) is 2.97. The first-order valence-corrected chi connectivity index (χ1v) is 7.02. The number of hydroxylamine groups is 2. The first-order valence-electron chi connectivity index (χ1n) is 7.02. The first kappa shape index (κ1) is 14.1. The van der Waals surface area contributed by atoms with Crippen LogP contribution in [0.3, 0.4) is 0 Å². The Kier molecular flexibility index (Phi) is 3.26. The number of benzene rings is 1. The van der Waals surface area contributed by atoms with Gasteiger partial charge in [-0.2, -0.15) is 5.06 Å². The van der Waals surface area contributed by atoms with Crippen LogP contribution in [0.2, 0.25) is 0 Å². The van der Waals surface area contributed by atoms with Crippen LogP contribution in [0.15, 0.2) is 24.0 Å². The van der Waals surface area contributed by atoms with Crippen LogP contribution in [0.5, 0.6) is 0 Å². The van der Waals surface area contributed by atoms with Crippen molar-refractivity contribution in [3.8, 4) is 0 Å². The monoisotopic (exact) mass is 289 g/mol. The number of aryl methyl sites for hydroxylation is 2. The lowest BCUT2D eigenvalue weighted by atomic mass is 9.91. The molecule has 0 radical (unpaired) electrons. The van der Waals surface area contributed by atoms with Crippen LogP contribution in [-0.2, 0) is 14.4 Å². The fraction of sp³-hybridized carbons (Fsp3) is 0.438. The second-order valence-corrected chi connectivity index (χ2v) is 5.80. The van der Waals surface area contributed by atoms with Gasteiger partial charge in [0.05, 0.1) is 13.2 Å². The highest BCUT2D eigenvalue weighted by Crippen LogP contribution is 2.41. The van der Waals surface area contributed by atoms with Crippen molar-refractivity contribution in [2.24, 2.45) is 0 Å². The minimum atomic E-state index is -0.977. The first-order chi connectivity index (χ1) is 9.93. The van der Waals surface area contributed by atoms with E-state index in [-0.39, 0.29) is 11.3 Å². The van der Waals surface area contributed by atoms with Crippen molar-refractivity contribution in [3.05, 3.63) is 40.6 Å². The smallest absolute Gasteiger partial charge is 0.343 e. The minimum absolute atomic E-state index is 0.0244. The molecule has 0 bridgehead atoms. The molecule has 1 unspecified atom stereocenters. The predicted molar refractivity (Wildman–Crippen MR) is 77.5 cm³/mol. The second kappa shape index (κ2) is 4.86. The molecule has 5 nitrogen and oxygen atoms in total. The number of ether oxygens (including phenoxy) is 1. The van der Waals surface area contributed by atoms with E-state index in [1.807, 2.05) is 32.0 Å². The molecule has 2 heterocycles. The topological polar surface area (TPSA) is 59.0 Å². The SMILES string of the molecule is Cc1ccc(C)c(C2=C(O)C3(CCON(C)C3)OC2=O)c1. The molecule has 0 aromatic heterocycles. The van der Waals surface area contributed by atoms with Crippen LogP contribution >= 0.6 is 0 Å². The van der Waals surface area contributed by atoms with E-state index in [4.69, 9.17) is 9.57 Å². The molecule has 3 rings (SSSR count). The molecule has 1 aromatic carbocycles. The molecule has 0 amide bonds. The highest BCUT2D eigenvalue weighted by atomic mass is 16.7. The van der Waals surface area contributed by atoms with E-state index in [9.17, 15) is 9.90 Å². The number of rotatable bonds is 1. The van der Waals surface area contributed by atoms with Gasteiger partial charge in [-0.15, -0.1) is 0 Å². The fourth-order valence-corrected chi connectivity index (χ4v) is 2.97. The molecule has 1 atom stereocenters. The van der Waals surface area contributed by atoms with Crippen molar-refractivity contribution in [1.82, 2.24) is 5.06 Å². The summed E-state index contributed by atoms with van der Waals surface area (Å²) in [6.45, 7) is 4.62. The van der Waals surface area contributed by atoms with Crippen LogP contribution < -0.4 is 0 Å². The van der Waals surface area contributed by atoms with Gasteiger partial charge in [-0.25, -0.2) is 4.79 Å². The van der Waals surface area contributed by atoms with E-state index < -0.39 is 11.6 Å². The Labute approximate surface area is 123 Å². The minimum Gasteiger partial charge on any atom is -0.507 e. The van der Waals surface area contributed by atoms with Gasteiger partial charge in [0.2, 0.25) is 0 Å². The highest BCUT2D eigenvalue weighted by molar-refractivity contribution is 6.20. The van der Waals surface area contributed by atoms with E-state index in [0.29, 0.717) is 19.6 Å². The van der Waals surface area contributed by atoms with Crippen molar-refractivity contribution in [2.75, 3.05) is 20.2 Å². The molecule has 21 heavy (non-hydrogen) atoms. The molecule has 112 valence electrons. The quantitative estimate of drug-likeness (QED) is 0.803. The number of aliphatic hydroxyl groups excluding tert-OH is 1.